The van der Waals surface area contributed by atoms with E-state index in [1.54, 1.807) is 0 Å². The minimum Gasteiger partial charge on any atom is -0.371 e. The Balaban J connectivity index is 2.24. The molecule has 1 fully saturated rings. The number of alkyl halides is 1. The summed E-state index contributed by atoms with van der Waals surface area (Å²) in [5.74, 6) is 0. The Labute approximate surface area is 109 Å². The molecule has 1 aliphatic rings. The van der Waals surface area contributed by atoms with Crippen LogP contribution in [0.1, 0.15) is 25.3 Å². The zero-order valence-electron chi connectivity index (χ0n) is 8.67. The third-order valence-electron chi connectivity index (χ3n) is 2.92. The van der Waals surface area contributed by atoms with Gasteiger partial charge in [0.05, 0.1) is 5.60 Å². The lowest BCUT2D eigenvalue weighted by molar-refractivity contribution is -0.0658. The maximum absolute atomic E-state index is 5.91. The highest BCUT2D eigenvalue weighted by Crippen LogP contribution is 2.37. The number of ether oxygens (including phenoxy) is 1. The number of hydrogen-bond acceptors (Lipinski definition) is 1. The van der Waals surface area contributed by atoms with Crippen molar-refractivity contribution in [2.45, 2.75) is 29.3 Å². The van der Waals surface area contributed by atoms with E-state index in [-0.39, 0.29) is 5.60 Å². The molecule has 0 radical (unpaired) electrons. The summed E-state index contributed by atoms with van der Waals surface area (Å²) in [6.45, 7) is 3.02. The summed E-state index contributed by atoms with van der Waals surface area (Å²) in [5, 5.41) is 0.782. The predicted molar refractivity (Wildman–Crippen MR) is 71.8 cm³/mol. The Morgan fingerprint density at radius 2 is 2.07 bits per heavy atom. The van der Waals surface area contributed by atoms with Gasteiger partial charge in [0.2, 0.25) is 0 Å². The van der Waals surface area contributed by atoms with Crippen molar-refractivity contribution < 1.29 is 4.74 Å². The molecule has 2 rings (SSSR count). The van der Waals surface area contributed by atoms with Crippen LogP contribution in [0, 0.1) is 0 Å². The van der Waals surface area contributed by atoms with E-state index in [1.165, 1.54) is 5.56 Å². The summed E-state index contributed by atoms with van der Waals surface area (Å²) in [6.07, 6.45) is 2.24. The van der Waals surface area contributed by atoms with Crippen LogP contribution in [-0.4, -0.2) is 10.5 Å². The lowest BCUT2D eigenvalue weighted by Gasteiger charge is -2.37. The highest BCUT2D eigenvalue weighted by Gasteiger charge is 2.33. The lowest BCUT2D eigenvalue weighted by atomic mass is 9.88. The number of hydrogen-bond donors (Lipinski definition) is 0. The third kappa shape index (κ3) is 2.66. The molecule has 0 amide bonds. The smallest absolute Gasteiger partial charge is 0.0913 e. The number of benzene rings is 1. The Morgan fingerprint density at radius 1 is 1.40 bits per heavy atom. The van der Waals surface area contributed by atoms with Crippen molar-refractivity contribution in [3.63, 3.8) is 0 Å². The van der Waals surface area contributed by atoms with Gasteiger partial charge in [0.15, 0.2) is 0 Å². The maximum atomic E-state index is 5.91. The first-order chi connectivity index (χ1) is 7.10. The highest BCUT2D eigenvalue weighted by molar-refractivity contribution is 14.1. The summed E-state index contributed by atoms with van der Waals surface area (Å²) in [6, 6.07) is 8.00. The van der Waals surface area contributed by atoms with E-state index in [0.717, 1.165) is 24.5 Å². The highest BCUT2D eigenvalue weighted by atomic mass is 127. The van der Waals surface area contributed by atoms with E-state index in [9.17, 15) is 0 Å². The second kappa shape index (κ2) is 4.60. The number of halogens is 2. The Hall–Kier alpha value is 0.200. The molecule has 0 aliphatic carbocycles. The first-order valence-electron chi connectivity index (χ1n) is 5.14. The van der Waals surface area contributed by atoms with Crippen molar-refractivity contribution in [3.05, 3.63) is 34.9 Å². The van der Waals surface area contributed by atoms with Gasteiger partial charge in [-0.05, 0) is 37.5 Å². The van der Waals surface area contributed by atoms with Crippen LogP contribution in [0.5, 0.6) is 0 Å². The average Bonchev–Trinajstić information content (AvgIpc) is 2.18. The fourth-order valence-corrected chi connectivity index (χ4v) is 3.22. The van der Waals surface area contributed by atoms with Crippen molar-refractivity contribution in [1.29, 1.82) is 0 Å². The van der Waals surface area contributed by atoms with E-state index in [0.29, 0.717) is 3.92 Å². The van der Waals surface area contributed by atoms with E-state index in [2.05, 4.69) is 41.6 Å². The summed E-state index contributed by atoms with van der Waals surface area (Å²) in [5.41, 5.74) is 1.10. The zero-order chi connectivity index (χ0) is 10.9. The Morgan fingerprint density at radius 3 is 2.67 bits per heavy atom. The van der Waals surface area contributed by atoms with E-state index in [1.807, 2.05) is 12.1 Å². The van der Waals surface area contributed by atoms with Crippen LogP contribution in [0.2, 0.25) is 5.02 Å². The monoisotopic (exact) mass is 336 g/mol. The average molecular weight is 337 g/mol. The van der Waals surface area contributed by atoms with Crippen LogP contribution in [0.3, 0.4) is 0 Å². The Kier molecular flexibility index (Phi) is 3.58. The molecule has 1 aromatic rings. The minimum absolute atomic E-state index is 0.130. The van der Waals surface area contributed by atoms with Crippen molar-refractivity contribution in [1.82, 2.24) is 0 Å². The molecule has 82 valence electrons. The fourth-order valence-electron chi connectivity index (χ4n) is 2.00. The van der Waals surface area contributed by atoms with Crippen molar-refractivity contribution in [2.24, 2.45) is 0 Å². The topological polar surface area (TPSA) is 9.23 Å². The van der Waals surface area contributed by atoms with Crippen LogP contribution in [0.25, 0.3) is 0 Å². The normalized spacial score (nSPS) is 31.5. The van der Waals surface area contributed by atoms with E-state index >= 15 is 0 Å². The first kappa shape index (κ1) is 11.7. The quantitative estimate of drug-likeness (QED) is 0.552. The summed E-state index contributed by atoms with van der Waals surface area (Å²) in [4.78, 5) is 0. The van der Waals surface area contributed by atoms with Crippen LogP contribution in [-0.2, 0) is 10.3 Å². The molecule has 1 aliphatic heterocycles. The van der Waals surface area contributed by atoms with Gasteiger partial charge in [0.25, 0.3) is 0 Å². The van der Waals surface area contributed by atoms with Gasteiger partial charge in [-0.3, -0.25) is 0 Å². The molecule has 0 saturated carbocycles. The molecule has 0 N–H and O–H groups in total. The molecule has 1 nitrogen and oxygen atoms in total. The van der Waals surface area contributed by atoms with Crippen molar-refractivity contribution in [2.75, 3.05) is 6.61 Å². The molecule has 0 spiro atoms. The largest absolute Gasteiger partial charge is 0.371 e. The predicted octanol–water partition coefficient (Wildman–Crippen LogP) is 4.17. The molecule has 0 bridgehead atoms. The number of rotatable bonds is 1. The van der Waals surface area contributed by atoms with Gasteiger partial charge in [-0.25, -0.2) is 0 Å². The van der Waals surface area contributed by atoms with Crippen molar-refractivity contribution in [3.8, 4) is 0 Å². The van der Waals surface area contributed by atoms with Crippen LogP contribution in [0.15, 0.2) is 24.3 Å². The molecule has 15 heavy (non-hydrogen) atoms. The molecular weight excluding hydrogens is 322 g/mol. The summed E-state index contributed by atoms with van der Waals surface area (Å²) >= 11 is 8.39. The molecule has 2 unspecified atom stereocenters. The molecule has 0 aromatic heterocycles. The van der Waals surface area contributed by atoms with Gasteiger partial charge in [-0.1, -0.05) is 46.3 Å². The molecule has 1 saturated heterocycles. The molecule has 3 heteroatoms. The van der Waals surface area contributed by atoms with Crippen molar-refractivity contribution >= 4 is 34.2 Å². The first-order valence-corrected chi connectivity index (χ1v) is 6.77. The maximum Gasteiger partial charge on any atom is 0.0913 e. The SMILES string of the molecule is CC1(c2ccc(Cl)cc2)CC(I)CCO1. The summed E-state index contributed by atoms with van der Waals surface area (Å²) < 4.78 is 6.62. The van der Waals surface area contributed by atoms with Gasteiger partial charge in [0, 0.05) is 15.6 Å². The van der Waals surface area contributed by atoms with Crippen LogP contribution >= 0.6 is 34.2 Å². The standard InChI is InChI=1S/C12H14ClIO/c1-12(8-11(14)6-7-15-12)9-2-4-10(13)5-3-9/h2-5,11H,6-8H2,1H3. The van der Waals surface area contributed by atoms with Gasteiger partial charge in [-0.15, -0.1) is 0 Å². The van der Waals surface area contributed by atoms with E-state index in [4.69, 9.17) is 16.3 Å². The Bertz CT molecular complexity index is 338. The molecule has 1 aromatic carbocycles. The van der Waals surface area contributed by atoms with Gasteiger partial charge in [-0.2, -0.15) is 0 Å². The second-order valence-corrected chi connectivity index (χ2v) is 6.37. The minimum atomic E-state index is -0.130. The third-order valence-corrected chi connectivity index (χ3v) is 4.23. The molecule has 1 heterocycles. The van der Waals surface area contributed by atoms with Gasteiger partial charge < -0.3 is 4.74 Å². The fraction of sp³-hybridized carbons (Fsp3) is 0.500. The molecular formula is C12H14ClIO. The van der Waals surface area contributed by atoms with Gasteiger partial charge >= 0.3 is 0 Å². The zero-order valence-corrected chi connectivity index (χ0v) is 11.6. The lowest BCUT2D eigenvalue weighted by Crippen LogP contribution is -2.34. The second-order valence-electron chi connectivity index (χ2n) is 4.18. The van der Waals surface area contributed by atoms with Crippen LogP contribution < -0.4 is 0 Å². The van der Waals surface area contributed by atoms with Crippen LogP contribution in [0.4, 0.5) is 0 Å². The van der Waals surface area contributed by atoms with E-state index < -0.39 is 0 Å². The summed E-state index contributed by atoms with van der Waals surface area (Å²) in [7, 11) is 0. The van der Waals surface area contributed by atoms with Gasteiger partial charge in [0.1, 0.15) is 0 Å². The molecule has 2 atom stereocenters.